The SMILES string of the molecule is Cn1c(=O)c2c(nc(SCC(=O)Nc3ccccc3)n2CC=Cc2ccccc2)n(C)c1=O. The second-order valence-corrected chi connectivity index (χ2v) is 8.34. The molecule has 4 rings (SSSR count). The number of anilines is 1. The van der Waals surface area contributed by atoms with Gasteiger partial charge in [0.2, 0.25) is 5.91 Å². The zero-order valence-electron chi connectivity index (χ0n) is 18.3. The molecule has 1 N–H and O–H groups in total. The number of allylic oxidation sites excluding steroid dienone is 1. The van der Waals surface area contributed by atoms with Crippen LogP contribution in [0.25, 0.3) is 17.2 Å². The van der Waals surface area contributed by atoms with Crippen LogP contribution in [0.3, 0.4) is 0 Å². The number of thioether (sulfide) groups is 1. The van der Waals surface area contributed by atoms with Crippen molar-refractivity contribution in [2.75, 3.05) is 11.1 Å². The monoisotopic (exact) mass is 461 g/mol. The largest absolute Gasteiger partial charge is 0.332 e. The highest BCUT2D eigenvalue weighted by atomic mass is 32.2. The van der Waals surface area contributed by atoms with E-state index >= 15 is 0 Å². The zero-order valence-corrected chi connectivity index (χ0v) is 19.1. The van der Waals surface area contributed by atoms with Gasteiger partial charge in [0.05, 0.1) is 5.75 Å². The predicted octanol–water partition coefficient (Wildman–Crippen LogP) is 2.88. The molecule has 2 heterocycles. The second-order valence-electron chi connectivity index (χ2n) is 7.40. The maximum Gasteiger partial charge on any atom is 0.332 e. The van der Waals surface area contributed by atoms with Gasteiger partial charge in [-0.25, -0.2) is 9.78 Å². The summed E-state index contributed by atoms with van der Waals surface area (Å²) in [6, 6.07) is 19.0. The number of aryl methyl sites for hydroxylation is 1. The number of rotatable bonds is 7. The van der Waals surface area contributed by atoms with Gasteiger partial charge >= 0.3 is 5.69 Å². The smallest absolute Gasteiger partial charge is 0.325 e. The number of aromatic nitrogens is 4. The number of amides is 1. The zero-order chi connectivity index (χ0) is 23.4. The molecule has 0 fully saturated rings. The molecule has 2 aromatic heterocycles. The number of hydrogen-bond acceptors (Lipinski definition) is 5. The molecule has 33 heavy (non-hydrogen) atoms. The molecule has 8 nitrogen and oxygen atoms in total. The van der Waals surface area contributed by atoms with Crippen LogP contribution in [0.5, 0.6) is 0 Å². The minimum atomic E-state index is -0.449. The van der Waals surface area contributed by atoms with Gasteiger partial charge in [0.25, 0.3) is 5.56 Å². The quantitative estimate of drug-likeness (QED) is 0.428. The first-order chi connectivity index (χ1) is 16.0. The number of nitrogens with one attached hydrogen (secondary N) is 1. The predicted molar refractivity (Wildman–Crippen MR) is 131 cm³/mol. The van der Waals surface area contributed by atoms with E-state index in [9.17, 15) is 14.4 Å². The van der Waals surface area contributed by atoms with Gasteiger partial charge in [-0.05, 0) is 17.7 Å². The highest BCUT2D eigenvalue weighted by Crippen LogP contribution is 2.22. The third kappa shape index (κ3) is 4.83. The molecule has 0 unspecified atom stereocenters. The minimum absolute atomic E-state index is 0.106. The summed E-state index contributed by atoms with van der Waals surface area (Å²) in [7, 11) is 3.03. The van der Waals surface area contributed by atoms with Crippen molar-refractivity contribution < 1.29 is 4.79 Å². The van der Waals surface area contributed by atoms with Crippen molar-refractivity contribution in [2.24, 2.45) is 14.1 Å². The van der Waals surface area contributed by atoms with Crippen molar-refractivity contribution in [3.8, 4) is 0 Å². The van der Waals surface area contributed by atoms with Crippen LogP contribution in [-0.4, -0.2) is 30.3 Å². The molecule has 9 heteroatoms. The van der Waals surface area contributed by atoms with E-state index < -0.39 is 11.2 Å². The van der Waals surface area contributed by atoms with Gasteiger partial charge in [-0.1, -0.05) is 72.4 Å². The fourth-order valence-corrected chi connectivity index (χ4v) is 4.22. The number of carbonyl (C=O) groups is 1. The molecule has 0 aliphatic carbocycles. The first kappa shape index (κ1) is 22.3. The fourth-order valence-electron chi connectivity index (χ4n) is 3.41. The summed E-state index contributed by atoms with van der Waals surface area (Å²) in [5, 5.41) is 3.33. The maximum atomic E-state index is 12.9. The van der Waals surface area contributed by atoms with E-state index in [0.717, 1.165) is 10.1 Å². The molecule has 0 radical (unpaired) electrons. The fraction of sp³-hybridized carbons (Fsp3) is 0.167. The van der Waals surface area contributed by atoms with Crippen molar-refractivity contribution >= 4 is 40.6 Å². The molecular weight excluding hydrogens is 438 g/mol. The Balaban J connectivity index is 1.66. The van der Waals surface area contributed by atoms with Gasteiger partial charge in [0, 0.05) is 26.3 Å². The average Bonchev–Trinajstić information content (AvgIpc) is 3.20. The normalized spacial score (nSPS) is 11.3. The molecule has 0 aliphatic rings. The number of fused-ring (bicyclic) bond motifs is 1. The van der Waals surface area contributed by atoms with Crippen LogP contribution in [-0.2, 0) is 25.4 Å². The first-order valence-electron chi connectivity index (χ1n) is 10.3. The molecule has 4 aromatic rings. The average molecular weight is 462 g/mol. The van der Waals surface area contributed by atoms with Gasteiger partial charge in [-0.15, -0.1) is 0 Å². The summed E-state index contributed by atoms with van der Waals surface area (Å²) >= 11 is 1.22. The summed E-state index contributed by atoms with van der Waals surface area (Å²) in [4.78, 5) is 42.3. The summed E-state index contributed by atoms with van der Waals surface area (Å²) in [6.07, 6.45) is 3.88. The van der Waals surface area contributed by atoms with E-state index in [2.05, 4.69) is 10.3 Å². The standard InChI is InChI=1S/C24H23N5O3S/c1-27-21-20(22(31)28(2)24(27)32)29(15-9-12-17-10-5-3-6-11-17)23(26-21)33-16-19(30)25-18-13-7-4-8-14-18/h3-14H,15-16H2,1-2H3,(H,25,30). The number of hydrogen-bond donors (Lipinski definition) is 1. The number of benzene rings is 2. The lowest BCUT2D eigenvalue weighted by Gasteiger charge is -2.08. The number of imidazole rings is 1. The van der Waals surface area contributed by atoms with E-state index in [0.29, 0.717) is 28.6 Å². The van der Waals surface area contributed by atoms with Crippen molar-refractivity contribution in [1.82, 2.24) is 18.7 Å². The molecule has 0 aliphatic heterocycles. The number of para-hydroxylation sites is 1. The molecule has 0 spiro atoms. The molecule has 1 amide bonds. The maximum absolute atomic E-state index is 12.9. The molecular formula is C24H23N5O3S. The van der Waals surface area contributed by atoms with Crippen LogP contribution in [0.15, 0.2) is 81.5 Å². The second kappa shape index (κ2) is 9.74. The van der Waals surface area contributed by atoms with Crippen LogP contribution in [0.4, 0.5) is 5.69 Å². The van der Waals surface area contributed by atoms with Gasteiger partial charge in [-0.3, -0.25) is 18.7 Å². The minimum Gasteiger partial charge on any atom is -0.325 e. The topological polar surface area (TPSA) is 90.9 Å². The van der Waals surface area contributed by atoms with E-state index in [-0.39, 0.29) is 11.7 Å². The Morgan fingerprint density at radius 3 is 2.36 bits per heavy atom. The lowest BCUT2D eigenvalue weighted by Crippen LogP contribution is -2.37. The Morgan fingerprint density at radius 1 is 1.00 bits per heavy atom. The third-order valence-electron chi connectivity index (χ3n) is 5.10. The van der Waals surface area contributed by atoms with E-state index in [4.69, 9.17) is 0 Å². The van der Waals surface area contributed by atoms with Crippen LogP contribution >= 0.6 is 11.8 Å². The van der Waals surface area contributed by atoms with E-state index in [1.165, 1.54) is 23.4 Å². The van der Waals surface area contributed by atoms with Crippen molar-refractivity contribution in [1.29, 1.82) is 0 Å². The van der Waals surface area contributed by atoms with Crippen LogP contribution in [0, 0.1) is 0 Å². The summed E-state index contributed by atoms with van der Waals surface area (Å²) in [5.41, 5.74) is 1.48. The summed E-state index contributed by atoms with van der Waals surface area (Å²) in [6.45, 7) is 0.363. The Bertz CT molecular complexity index is 1440. The van der Waals surface area contributed by atoms with Crippen LogP contribution in [0.2, 0.25) is 0 Å². The molecule has 2 aromatic carbocycles. The van der Waals surface area contributed by atoms with E-state index in [1.54, 1.807) is 11.6 Å². The van der Waals surface area contributed by atoms with Gasteiger partial charge in [-0.2, -0.15) is 0 Å². The van der Waals surface area contributed by atoms with Crippen molar-refractivity contribution in [3.63, 3.8) is 0 Å². The van der Waals surface area contributed by atoms with Crippen LogP contribution in [0.1, 0.15) is 5.56 Å². The molecule has 0 saturated heterocycles. The highest BCUT2D eigenvalue weighted by molar-refractivity contribution is 7.99. The first-order valence-corrected chi connectivity index (χ1v) is 11.3. The Labute approximate surface area is 194 Å². The molecule has 0 saturated carbocycles. The van der Waals surface area contributed by atoms with Crippen molar-refractivity contribution in [3.05, 3.63) is 93.1 Å². The van der Waals surface area contributed by atoms with Gasteiger partial charge in [0.1, 0.15) is 0 Å². The molecule has 168 valence electrons. The molecule has 0 atom stereocenters. The van der Waals surface area contributed by atoms with Gasteiger partial charge < -0.3 is 9.88 Å². The molecule has 0 bridgehead atoms. The van der Waals surface area contributed by atoms with E-state index in [1.807, 2.05) is 72.8 Å². The number of carbonyl (C=O) groups excluding carboxylic acids is 1. The lowest BCUT2D eigenvalue weighted by atomic mass is 10.2. The third-order valence-corrected chi connectivity index (χ3v) is 6.08. The Morgan fingerprint density at radius 2 is 1.67 bits per heavy atom. The lowest BCUT2D eigenvalue weighted by molar-refractivity contribution is -0.113. The van der Waals surface area contributed by atoms with Gasteiger partial charge in [0.15, 0.2) is 16.3 Å². The summed E-state index contributed by atoms with van der Waals surface area (Å²) < 4.78 is 4.16. The Kier molecular flexibility index (Phi) is 6.60. The summed E-state index contributed by atoms with van der Waals surface area (Å²) in [5.74, 6) is -0.0825. The highest BCUT2D eigenvalue weighted by Gasteiger charge is 2.19. The van der Waals surface area contributed by atoms with Crippen molar-refractivity contribution in [2.45, 2.75) is 11.7 Å². The van der Waals surface area contributed by atoms with Crippen LogP contribution < -0.4 is 16.6 Å². The number of nitrogens with zero attached hydrogens (tertiary/aromatic N) is 4. The Hall–Kier alpha value is -3.85.